The molecule has 0 aliphatic carbocycles. The van der Waals surface area contributed by atoms with Crippen molar-refractivity contribution < 1.29 is 4.79 Å². The van der Waals surface area contributed by atoms with Crippen molar-refractivity contribution in [3.8, 4) is 0 Å². The third-order valence-corrected chi connectivity index (χ3v) is 3.99. The minimum atomic E-state index is -0.260. The molecule has 1 N–H and O–H groups in total. The average molecular weight is 310 g/mol. The lowest BCUT2D eigenvalue weighted by atomic mass is 10.1. The lowest BCUT2D eigenvalue weighted by molar-refractivity contribution is 0.0994. The van der Waals surface area contributed by atoms with Gasteiger partial charge in [0.25, 0.3) is 0 Å². The summed E-state index contributed by atoms with van der Waals surface area (Å²) in [4.78, 5) is 16.7. The first-order valence-corrected chi connectivity index (χ1v) is 7.62. The Morgan fingerprint density at radius 1 is 1.35 bits per heavy atom. The van der Waals surface area contributed by atoms with Crippen LogP contribution in [0.25, 0.3) is 0 Å². The van der Waals surface area contributed by atoms with E-state index in [0.717, 1.165) is 5.82 Å². The number of hydrogen-bond acceptors (Lipinski definition) is 4. The van der Waals surface area contributed by atoms with Gasteiger partial charge in [-0.05, 0) is 19.1 Å². The smallest absolute Gasteiger partial charge is 0.209 e. The third-order valence-electron chi connectivity index (χ3n) is 2.79. The molecule has 0 spiro atoms. The molecule has 106 valence electrons. The third kappa shape index (κ3) is 3.61. The molecule has 2 rings (SSSR count). The van der Waals surface area contributed by atoms with E-state index in [1.165, 1.54) is 11.8 Å². The van der Waals surface area contributed by atoms with Crippen LogP contribution in [0.15, 0.2) is 29.4 Å². The molecule has 1 aromatic carbocycles. The molecule has 0 bridgehead atoms. The molecule has 6 heteroatoms. The number of rotatable bonds is 5. The second-order valence-corrected chi connectivity index (χ2v) is 6.54. The van der Waals surface area contributed by atoms with Gasteiger partial charge in [-0.25, -0.2) is 4.98 Å². The maximum absolute atomic E-state index is 12.3. The van der Waals surface area contributed by atoms with Gasteiger partial charge >= 0.3 is 0 Å². The number of halogens is 1. The Balaban J connectivity index is 2.07. The highest BCUT2D eigenvalue weighted by Crippen LogP contribution is 2.24. The summed E-state index contributed by atoms with van der Waals surface area (Å²) in [5.74, 6) is 1.14. The molecule has 0 radical (unpaired) electrons. The molecule has 0 amide bonds. The van der Waals surface area contributed by atoms with Crippen LogP contribution >= 0.6 is 23.4 Å². The number of hydrogen-bond donors (Lipinski definition) is 1. The molecule has 20 heavy (non-hydrogen) atoms. The normalized spacial score (nSPS) is 12.7. The molecule has 0 aliphatic heterocycles. The van der Waals surface area contributed by atoms with Crippen molar-refractivity contribution in [2.75, 3.05) is 0 Å². The van der Waals surface area contributed by atoms with Crippen molar-refractivity contribution in [1.82, 2.24) is 15.2 Å². The van der Waals surface area contributed by atoms with E-state index < -0.39 is 0 Å². The monoisotopic (exact) mass is 309 g/mol. The van der Waals surface area contributed by atoms with E-state index in [4.69, 9.17) is 11.6 Å². The summed E-state index contributed by atoms with van der Waals surface area (Å²) in [6.07, 6.45) is 0. The molecule has 0 saturated heterocycles. The van der Waals surface area contributed by atoms with Crippen LogP contribution in [-0.4, -0.2) is 26.2 Å². The summed E-state index contributed by atoms with van der Waals surface area (Å²) in [5.41, 5.74) is 0.608. The van der Waals surface area contributed by atoms with E-state index in [1.54, 1.807) is 24.3 Å². The van der Waals surface area contributed by atoms with Gasteiger partial charge in [0, 0.05) is 16.5 Å². The summed E-state index contributed by atoms with van der Waals surface area (Å²) in [6.45, 7) is 5.92. The molecule has 1 aromatic heterocycles. The van der Waals surface area contributed by atoms with Crippen molar-refractivity contribution >= 4 is 29.1 Å². The van der Waals surface area contributed by atoms with E-state index in [0.29, 0.717) is 15.7 Å². The van der Waals surface area contributed by atoms with E-state index >= 15 is 0 Å². The molecule has 1 heterocycles. The fourth-order valence-electron chi connectivity index (χ4n) is 1.66. The number of aromatic amines is 1. The first kappa shape index (κ1) is 15.1. The number of carbonyl (C=O) groups excluding carboxylic acids is 1. The predicted molar refractivity (Wildman–Crippen MR) is 81.6 cm³/mol. The molecule has 0 saturated carbocycles. The van der Waals surface area contributed by atoms with Crippen molar-refractivity contribution in [2.45, 2.75) is 37.1 Å². The fraction of sp³-hybridized carbons (Fsp3) is 0.357. The zero-order valence-electron chi connectivity index (χ0n) is 11.6. The van der Waals surface area contributed by atoms with Gasteiger partial charge in [0.1, 0.15) is 5.82 Å². The number of carbonyl (C=O) groups is 1. The number of nitrogens with zero attached hydrogens (tertiary/aromatic N) is 2. The fourth-order valence-corrected chi connectivity index (χ4v) is 2.66. The largest absolute Gasteiger partial charge is 0.293 e. The van der Waals surface area contributed by atoms with E-state index in [2.05, 4.69) is 15.2 Å². The minimum Gasteiger partial charge on any atom is -0.293 e. The maximum atomic E-state index is 12.3. The van der Waals surface area contributed by atoms with Crippen LogP contribution < -0.4 is 0 Å². The van der Waals surface area contributed by atoms with Gasteiger partial charge in [0.05, 0.1) is 5.25 Å². The van der Waals surface area contributed by atoms with Crippen molar-refractivity contribution in [3.05, 3.63) is 40.7 Å². The number of benzene rings is 1. The zero-order chi connectivity index (χ0) is 14.7. The standard InChI is InChI=1S/C14H16ClN3OS/c1-8(2)13-16-14(18-17-13)20-9(3)12(19)10-5-4-6-11(15)7-10/h4-9H,1-3H3,(H,16,17,18)/t9-/m1/s1. The first-order valence-electron chi connectivity index (χ1n) is 6.36. The van der Waals surface area contributed by atoms with Crippen LogP contribution in [0.2, 0.25) is 5.02 Å². The molecule has 1 atom stereocenters. The Kier molecular flexibility index (Phi) is 4.83. The van der Waals surface area contributed by atoms with E-state index in [1.807, 2.05) is 20.8 Å². The summed E-state index contributed by atoms with van der Waals surface area (Å²) < 4.78 is 0. The average Bonchev–Trinajstić information content (AvgIpc) is 2.86. The van der Waals surface area contributed by atoms with Gasteiger partial charge in [-0.2, -0.15) is 0 Å². The van der Waals surface area contributed by atoms with Gasteiger partial charge in [0.2, 0.25) is 5.16 Å². The summed E-state index contributed by atoms with van der Waals surface area (Å²) in [7, 11) is 0. The Bertz CT molecular complexity index is 612. The summed E-state index contributed by atoms with van der Waals surface area (Å²) in [6, 6.07) is 6.97. The second-order valence-electron chi connectivity index (χ2n) is 4.79. The molecular weight excluding hydrogens is 294 g/mol. The van der Waals surface area contributed by atoms with Crippen molar-refractivity contribution in [3.63, 3.8) is 0 Å². The Hall–Kier alpha value is -1.33. The van der Waals surface area contributed by atoms with Gasteiger partial charge in [-0.15, -0.1) is 5.10 Å². The van der Waals surface area contributed by atoms with Crippen molar-refractivity contribution in [1.29, 1.82) is 0 Å². The van der Waals surface area contributed by atoms with Crippen LogP contribution in [0, 0.1) is 0 Å². The minimum absolute atomic E-state index is 0.0217. The lowest BCUT2D eigenvalue weighted by Gasteiger charge is -2.07. The lowest BCUT2D eigenvalue weighted by Crippen LogP contribution is -2.13. The topological polar surface area (TPSA) is 58.6 Å². The molecular formula is C14H16ClN3OS. The Morgan fingerprint density at radius 2 is 2.10 bits per heavy atom. The molecule has 4 nitrogen and oxygen atoms in total. The van der Waals surface area contributed by atoms with E-state index in [-0.39, 0.29) is 17.0 Å². The van der Waals surface area contributed by atoms with Gasteiger partial charge in [0.15, 0.2) is 5.78 Å². The Morgan fingerprint density at radius 3 is 2.70 bits per heavy atom. The quantitative estimate of drug-likeness (QED) is 0.671. The van der Waals surface area contributed by atoms with Gasteiger partial charge in [-0.1, -0.05) is 49.3 Å². The predicted octanol–water partition coefficient (Wildman–Crippen LogP) is 3.95. The Labute approximate surface area is 127 Å². The van der Waals surface area contributed by atoms with Crippen LogP contribution in [0.3, 0.4) is 0 Å². The number of ketones is 1. The second kappa shape index (κ2) is 6.41. The zero-order valence-corrected chi connectivity index (χ0v) is 13.1. The highest BCUT2D eigenvalue weighted by molar-refractivity contribution is 8.00. The number of Topliss-reactive ketones (excluding diaryl/α,β-unsaturated/α-hetero) is 1. The maximum Gasteiger partial charge on any atom is 0.209 e. The van der Waals surface area contributed by atoms with Gasteiger partial charge < -0.3 is 0 Å². The first-order chi connectivity index (χ1) is 9.47. The molecule has 0 fully saturated rings. The molecule has 0 unspecified atom stereocenters. The number of nitrogens with one attached hydrogen (secondary N) is 1. The SMILES string of the molecule is CC(C)c1nc(S[C@H](C)C(=O)c2cccc(Cl)c2)n[nH]1. The highest BCUT2D eigenvalue weighted by Gasteiger charge is 2.19. The van der Waals surface area contributed by atoms with Crippen LogP contribution in [0.5, 0.6) is 0 Å². The summed E-state index contributed by atoms with van der Waals surface area (Å²) >= 11 is 7.25. The van der Waals surface area contributed by atoms with Crippen LogP contribution in [0.1, 0.15) is 42.9 Å². The molecule has 0 aliphatic rings. The number of H-pyrrole nitrogens is 1. The highest BCUT2D eigenvalue weighted by atomic mass is 35.5. The van der Waals surface area contributed by atoms with Crippen molar-refractivity contribution in [2.24, 2.45) is 0 Å². The van der Waals surface area contributed by atoms with E-state index in [9.17, 15) is 4.79 Å². The summed E-state index contributed by atoms with van der Waals surface area (Å²) in [5, 5.41) is 7.90. The number of aromatic nitrogens is 3. The molecule has 2 aromatic rings. The van der Waals surface area contributed by atoms with Gasteiger partial charge in [-0.3, -0.25) is 9.89 Å². The van der Waals surface area contributed by atoms with Crippen LogP contribution in [-0.2, 0) is 0 Å². The van der Waals surface area contributed by atoms with Crippen LogP contribution in [0.4, 0.5) is 0 Å². The number of thioether (sulfide) groups is 1.